The van der Waals surface area contributed by atoms with Crippen LogP contribution < -0.4 is 40.2 Å². The molecule has 16 heteroatoms. The summed E-state index contributed by atoms with van der Waals surface area (Å²) in [6.07, 6.45) is 10.6. The summed E-state index contributed by atoms with van der Waals surface area (Å²) in [4.78, 5) is 72.0. The van der Waals surface area contributed by atoms with E-state index >= 15 is 0 Å². The lowest BCUT2D eigenvalue weighted by Gasteiger charge is -2.25. The summed E-state index contributed by atoms with van der Waals surface area (Å²) in [6, 6.07) is 37.7. The van der Waals surface area contributed by atoms with Crippen molar-refractivity contribution in [1.82, 2.24) is 41.2 Å². The molecule has 4 heterocycles. The number of hydrogen-bond donors (Lipinski definition) is 4. The van der Waals surface area contributed by atoms with Gasteiger partial charge in [-0.1, -0.05) is 52.0 Å². The monoisotopic (exact) mass is 1130 g/mol. The average Bonchev–Trinajstić information content (AvgIpc) is 2.31. The van der Waals surface area contributed by atoms with E-state index in [1.165, 1.54) is 0 Å². The highest BCUT2D eigenvalue weighted by molar-refractivity contribution is 5.93. The predicted octanol–water partition coefficient (Wildman–Crippen LogP) is 10.8. The molecule has 84 heavy (non-hydrogen) atoms. The van der Waals surface area contributed by atoms with Crippen LogP contribution in [0.1, 0.15) is 162 Å². The van der Waals surface area contributed by atoms with E-state index in [4.69, 9.17) is 18.9 Å². The molecule has 0 aliphatic heterocycles. The van der Waals surface area contributed by atoms with E-state index in [0.29, 0.717) is 97.9 Å². The molecule has 0 saturated heterocycles. The van der Waals surface area contributed by atoms with E-state index in [-0.39, 0.29) is 49.8 Å². The number of fused-ring (bicyclic) bond motifs is 8. The van der Waals surface area contributed by atoms with Crippen LogP contribution in [0.4, 0.5) is 0 Å². The quantitative estimate of drug-likeness (QED) is 0.0446. The lowest BCUT2D eigenvalue weighted by Crippen LogP contribution is -2.24. The molecule has 1 aliphatic carbocycles. The van der Waals surface area contributed by atoms with Gasteiger partial charge in [-0.25, -0.2) is 0 Å². The zero-order valence-corrected chi connectivity index (χ0v) is 48.2. The van der Waals surface area contributed by atoms with Gasteiger partial charge in [0.1, 0.15) is 45.8 Å². The van der Waals surface area contributed by atoms with Gasteiger partial charge >= 0.3 is 0 Å². The molecule has 0 radical (unpaired) electrons. The minimum atomic E-state index is -0.315. The lowest BCUT2D eigenvalue weighted by atomic mass is 9.88. The van der Waals surface area contributed by atoms with Gasteiger partial charge in [-0.05, 0) is 190 Å². The smallest absolute Gasteiger partial charge is 0.270 e. The maximum absolute atomic E-state index is 13.7. The molecule has 0 saturated carbocycles. The van der Waals surface area contributed by atoms with Gasteiger partial charge in [0.15, 0.2) is 0 Å². The molecule has 8 bridgehead atoms. The Balaban J connectivity index is 1.28. The maximum atomic E-state index is 13.7. The Hall–Kier alpha value is -9.44. The van der Waals surface area contributed by atoms with Gasteiger partial charge in [0.05, 0.1) is 26.4 Å². The normalized spacial score (nSPS) is 11.7. The molecule has 1 aliphatic rings. The van der Waals surface area contributed by atoms with Crippen molar-refractivity contribution >= 4 is 23.6 Å². The number of hydrogen-bond acceptors (Lipinski definition) is 12. The Bertz CT molecular complexity index is 2990. The van der Waals surface area contributed by atoms with E-state index in [1.54, 1.807) is 97.6 Å². The van der Waals surface area contributed by atoms with E-state index in [9.17, 15) is 19.2 Å². The number of pyridine rings is 4. The molecule has 8 aromatic rings. The van der Waals surface area contributed by atoms with Gasteiger partial charge < -0.3 is 40.2 Å². The van der Waals surface area contributed by atoms with Crippen LogP contribution in [0.5, 0.6) is 23.0 Å². The van der Waals surface area contributed by atoms with Gasteiger partial charge in [0.2, 0.25) is 0 Å². The van der Waals surface area contributed by atoms with Crippen LogP contribution >= 0.6 is 0 Å². The fourth-order valence-electron chi connectivity index (χ4n) is 10.2. The second kappa shape index (κ2) is 29.5. The largest absolute Gasteiger partial charge is 0.493 e. The van der Waals surface area contributed by atoms with Gasteiger partial charge in [-0.15, -0.1) is 0 Å². The van der Waals surface area contributed by atoms with Crippen molar-refractivity contribution in [2.45, 2.75) is 105 Å². The van der Waals surface area contributed by atoms with E-state index < -0.39 is 0 Å². The average molecular weight is 1130 g/mol. The third-order valence-electron chi connectivity index (χ3n) is 13.9. The zero-order chi connectivity index (χ0) is 58.6. The minimum absolute atomic E-state index is 0.178. The van der Waals surface area contributed by atoms with Gasteiger partial charge in [-0.2, -0.15) is 0 Å². The van der Waals surface area contributed by atoms with Gasteiger partial charge in [-0.3, -0.25) is 39.1 Å². The van der Waals surface area contributed by atoms with Crippen molar-refractivity contribution in [1.29, 1.82) is 0 Å². The molecule has 0 atom stereocenters. The van der Waals surface area contributed by atoms with Crippen molar-refractivity contribution < 1.29 is 38.1 Å². The summed E-state index contributed by atoms with van der Waals surface area (Å²) in [6.45, 7) is 10.7. The first-order chi connectivity index (χ1) is 41.1. The first-order valence-corrected chi connectivity index (χ1v) is 29.0. The molecule has 9 rings (SSSR count). The number of benzene rings is 4. The first-order valence-electron chi connectivity index (χ1n) is 29.0. The standard InChI is InChI=1S/C68H72N8O8/c1-5-25-81-61-49-29-45(41-73-65(77)57-17-9-13-21-69-57)30-50(61)38-52-32-47(43-75-67(79)59-19-11-15-23-71-59)34-54(63(52)83-27-7-3)40-56-36-48(44-76-68(80)60-20-12-16-24-72-60)35-55(64(56)84-28-8-4)39-53-33-46(31-51(37-49)62(53)82-26-6-2)42-74-66(78)58-18-10-14-22-70-58/h9-24,29-36H,5-8,25-28,37-44H2,1-4H3,(H,73,77)(H,74,78)(H,75,79)(H,76,80). The van der Waals surface area contributed by atoms with Crippen LogP contribution in [0.25, 0.3) is 0 Å². The van der Waals surface area contributed by atoms with Gasteiger partial charge in [0, 0.05) is 76.6 Å². The predicted molar refractivity (Wildman–Crippen MR) is 322 cm³/mol. The molecule has 0 unspecified atom stereocenters. The Morgan fingerprint density at radius 1 is 0.333 bits per heavy atom. The molecule has 16 nitrogen and oxygen atoms in total. The zero-order valence-electron chi connectivity index (χ0n) is 48.2. The summed E-state index contributed by atoms with van der Waals surface area (Å²) < 4.78 is 27.7. The summed E-state index contributed by atoms with van der Waals surface area (Å²) in [5.41, 5.74) is 11.3. The van der Waals surface area contributed by atoms with Crippen LogP contribution in [0.3, 0.4) is 0 Å². The van der Waals surface area contributed by atoms with E-state index in [2.05, 4.69) is 117 Å². The van der Waals surface area contributed by atoms with E-state index in [0.717, 1.165) is 92.4 Å². The molecule has 432 valence electrons. The third-order valence-corrected chi connectivity index (χ3v) is 13.9. The number of rotatable bonds is 24. The second-order valence-electron chi connectivity index (χ2n) is 20.7. The highest BCUT2D eigenvalue weighted by atomic mass is 16.5. The maximum Gasteiger partial charge on any atom is 0.270 e. The fraction of sp³-hybridized carbons (Fsp3) is 0.294. The highest BCUT2D eigenvalue weighted by Crippen LogP contribution is 2.41. The van der Waals surface area contributed by atoms with E-state index in [1.807, 2.05) is 0 Å². The molecule has 0 spiro atoms. The number of amides is 4. The summed E-state index contributed by atoms with van der Waals surface area (Å²) in [7, 11) is 0. The number of ether oxygens (including phenoxy) is 4. The molecular weight excluding hydrogens is 1060 g/mol. The summed E-state index contributed by atoms with van der Waals surface area (Å²) >= 11 is 0. The first kappa shape index (κ1) is 59.2. The SMILES string of the molecule is CCCOc1c2cc(CNC(=O)c3ccccn3)cc1Cc1cc(CNC(=O)c3ccccn3)cc(c1OCCC)Cc1cc(CNC(=O)c3ccccn3)cc(c1OCCC)Cc1cc(CNC(=O)c3ccccn3)cc(c1OCCC)C2. The van der Waals surface area contributed by atoms with Crippen molar-refractivity contribution in [3.05, 3.63) is 236 Å². The molecule has 4 aromatic heterocycles. The molecule has 4 aromatic carbocycles. The number of nitrogens with one attached hydrogen (secondary N) is 4. The van der Waals surface area contributed by atoms with Crippen LogP contribution in [-0.4, -0.2) is 70.0 Å². The van der Waals surface area contributed by atoms with Crippen molar-refractivity contribution in [2.75, 3.05) is 26.4 Å². The second-order valence-corrected chi connectivity index (χ2v) is 20.7. The number of carbonyl (C=O) groups excluding carboxylic acids is 4. The Kier molecular flexibility index (Phi) is 20.8. The topological polar surface area (TPSA) is 205 Å². The summed E-state index contributed by atoms with van der Waals surface area (Å²) in [5.74, 6) is 1.50. The molecule has 4 N–H and O–H groups in total. The summed E-state index contributed by atoms with van der Waals surface area (Å²) in [5, 5.41) is 12.5. The van der Waals surface area contributed by atoms with Crippen molar-refractivity contribution in [3.8, 4) is 23.0 Å². The highest BCUT2D eigenvalue weighted by Gasteiger charge is 2.26. The number of carbonyl (C=O) groups is 4. The van der Waals surface area contributed by atoms with Crippen molar-refractivity contribution in [2.24, 2.45) is 0 Å². The van der Waals surface area contributed by atoms with Crippen molar-refractivity contribution in [3.63, 3.8) is 0 Å². The Labute approximate surface area is 491 Å². The number of aromatic nitrogens is 4. The van der Waals surface area contributed by atoms with Crippen LogP contribution in [0.2, 0.25) is 0 Å². The number of nitrogens with zero attached hydrogens (tertiary/aromatic N) is 4. The lowest BCUT2D eigenvalue weighted by molar-refractivity contribution is 0.0938. The molecular formula is C68H72N8O8. The molecule has 4 amide bonds. The fourth-order valence-corrected chi connectivity index (χ4v) is 10.2. The minimum Gasteiger partial charge on any atom is -0.493 e. The Morgan fingerprint density at radius 2 is 0.536 bits per heavy atom. The molecule has 0 fully saturated rings. The third kappa shape index (κ3) is 15.6. The van der Waals surface area contributed by atoms with Crippen LogP contribution in [0.15, 0.2) is 146 Å². The van der Waals surface area contributed by atoms with Gasteiger partial charge in [0.25, 0.3) is 23.6 Å². The van der Waals surface area contributed by atoms with Crippen LogP contribution in [-0.2, 0) is 51.9 Å². The Morgan fingerprint density at radius 3 is 0.702 bits per heavy atom. The van der Waals surface area contributed by atoms with Crippen LogP contribution in [0, 0.1) is 0 Å².